The van der Waals surface area contributed by atoms with Crippen molar-refractivity contribution in [1.82, 2.24) is 5.32 Å². The van der Waals surface area contributed by atoms with Crippen LogP contribution in [0.2, 0.25) is 0 Å². The number of carbonyl (C=O) groups is 2. The molecule has 1 aliphatic heterocycles. The Morgan fingerprint density at radius 1 is 1.35 bits per heavy atom. The quantitative estimate of drug-likeness (QED) is 0.775. The molecule has 1 aliphatic rings. The van der Waals surface area contributed by atoms with Crippen molar-refractivity contribution in [3.8, 4) is 5.75 Å². The standard InChI is InChI=1S/C16H22N2O4.ClH/c1-21-12-4-5-14(13(9-12)16(20)22-2)18-15(19)6-3-11-7-8-17-10-11;/h4-5,9,11,17H,3,6-8,10H2,1-2H3,(H,18,19);1H. The molecule has 1 atom stereocenters. The predicted octanol–water partition coefficient (Wildman–Crippen LogP) is 2.23. The molecule has 2 rings (SSSR count). The second-order valence-electron chi connectivity index (χ2n) is 5.35. The van der Waals surface area contributed by atoms with Crippen molar-refractivity contribution in [2.75, 3.05) is 32.6 Å². The summed E-state index contributed by atoms with van der Waals surface area (Å²) in [5, 5.41) is 6.07. The number of esters is 1. The lowest BCUT2D eigenvalue weighted by atomic mass is 10.0. The smallest absolute Gasteiger partial charge is 0.340 e. The summed E-state index contributed by atoms with van der Waals surface area (Å²) in [6, 6.07) is 4.91. The molecule has 2 N–H and O–H groups in total. The van der Waals surface area contributed by atoms with E-state index < -0.39 is 5.97 Å². The molecule has 1 unspecified atom stereocenters. The Bertz CT molecular complexity index is 545. The van der Waals surface area contributed by atoms with Crippen molar-refractivity contribution < 1.29 is 19.1 Å². The molecule has 0 radical (unpaired) electrons. The van der Waals surface area contributed by atoms with Crippen LogP contribution in [0.15, 0.2) is 18.2 Å². The lowest BCUT2D eigenvalue weighted by molar-refractivity contribution is -0.116. The molecular weight excluding hydrogens is 320 g/mol. The van der Waals surface area contributed by atoms with Crippen molar-refractivity contribution >= 4 is 30.0 Å². The lowest BCUT2D eigenvalue weighted by Crippen LogP contribution is -2.17. The zero-order valence-corrected chi connectivity index (χ0v) is 14.2. The Balaban J connectivity index is 0.00000264. The first-order chi connectivity index (χ1) is 10.6. The first-order valence-electron chi connectivity index (χ1n) is 7.41. The van der Waals surface area contributed by atoms with Crippen LogP contribution in [0.3, 0.4) is 0 Å². The van der Waals surface area contributed by atoms with Crippen LogP contribution >= 0.6 is 12.4 Å². The molecule has 0 saturated carbocycles. The predicted molar refractivity (Wildman–Crippen MR) is 90.4 cm³/mol. The number of benzene rings is 1. The van der Waals surface area contributed by atoms with Gasteiger partial charge < -0.3 is 20.1 Å². The van der Waals surface area contributed by atoms with Gasteiger partial charge in [-0.25, -0.2) is 4.79 Å². The van der Waals surface area contributed by atoms with Crippen molar-refractivity contribution in [2.45, 2.75) is 19.3 Å². The summed E-state index contributed by atoms with van der Waals surface area (Å²) in [5.74, 6) is 0.494. The molecule has 1 fully saturated rings. The number of hydrogen-bond acceptors (Lipinski definition) is 5. The van der Waals surface area contributed by atoms with E-state index in [1.807, 2.05) is 0 Å². The van der Waals surface area contributed by atoms with E-state index in [0.717, 1.165) is 25.9 Å². The average Bonchev–Trinajstić information content (AvgIpc) is 3.06. The van der Waals surface area contributed by atoms with E-state index in [2.05, 4.69) is 10.6 Å². The number of nitrogens with one attached hydrogen (secondary N) is 2. The molecule has 0 aliphatic carbocycles. The minimum absolute atomic E-state index is 0. The first-order valence-corrected chi connectivity index (χ1v) is 7.41. The Morgan fingerprint density at radius 3 is 2.74 bits per heavy atom. The zero-order valence-electron chi connectivity index (χ0n) is 13.4. The number of methoxy groups -OCH3 is 2. The van der Waals surface area contributed by atoms with E-state index in [9.17, 15) is 9.59 Å². The van der Waals surface area contributed by atoms with Crippen molar-refractivity contribution in [1.29, 1.82) is 0 Å². The molecule has 1 heterocycles. The van der Waals surface area contributed by atoms with Gasteiger partial charge in [-0.15, -0.1) is 12.4 Å². The van der Waals surface area contributed by atoms with Gasteiger partial charge in [-0.1, -0.05) is 0 Å². The van der Waals surface area contributed by atoms with E-state index >= 15 is 0 Å². The molecule has 1 saturated heterocycles. The van der Waals surface area contributed by atoms with Crippen LogP contribution in [-0.4, -0.2) is 39.2 Å². The summed E-state index contributed by atoms with van der Waals surface area (Å²) >= 11 is 0. The topological polar surface area (TPSA) is 76.7 Å². The summed E-state index contributed by atoms with van der Waals surface area (Å²) in [6.07, 6.45) is 2.41. The second kappa shape index (κ2) is 9.37. The van der Waals surface area contributed by atoms with Gasteiger partial charge in [-0.05, 0) is 50.0 Å². The summed E-state index contributed by atoms with van der Waals surface area (Å²) in [7, 11) is 2.82. The Morgan fingerprint density at radius 2 is 2.13 bits per heavy atom. The highest BCUT2D eigenvalue weighted by Crippen LogP contribution is 2.23. The molecule has 7 heteroatoms. The van der Waals surface area contributed by atoms with Gasteiger partial charge in [0.2, 0.25) is 5.91 Å². The largest absolute Gasteiger partial charge is 0.497 e. The van der Waals surface area contributed by atoms with Crippen LogP contribution in [0.5, 0.6) is 5.75 Å². The van der Waals surface area contributed by atoms with Crippen molar-refractivity contribution in [3.63, 3.8) is 0 Å². The lowest BCUT2D eigenvalue weighted by Gasteiger charge is -2.12. The molecule has 128 valence electrons. The Hall–Kier alpha value is -1.79. The Kier molecular flexibility index (Phi) is 7.85. The van der Waals surface area contributed by atoms with Crippen LogP contribution in [0.1, 0.15) is 29.6 Å². The molecule has 0 aromatic heterocycles. The van der Waals surface area contributed by atoms with Crippen molar-refractivity contribution in [3.05, 3.63) is 23.8 Å². The monoisotopic (exact) mass is 342 g/mol. The minimum Gasteiger partial charge on any atom is -0.497 e. The van der Waals surface area contributed by atoms with Gasteiger partial charge >= 0.3 is 5.97 Å². The van der Waals surface area contributed by atoms with Gasteiger partial charge in [0.25, 0.3) is 0 Å². The summed E-state index contributed by atoms with van der Waals surface area (Å²) < 4.78 is 9.84. The molecule has 23 heavy (non-hydrogen) atoms. The molecule has 1 aromatic rings. The molecule has 1 amide bonds. The Labute approximate surface area is 142 Å². The maximum Gasteiger partial charge on any atom is 0.340 e. The molecule has 6 nitrogen and oxygen atoms in total. The highest BCUT2D eigenvalue weighted by Gasteiger charge is 2.18. The van der Waals surface area contributed by atoms with E-state index in [1.165, 1.54) is 14.2 Å². The first kappa shape index (κ1) is 19.3. The van der Waals surface area contributed by atoms with Crippen LogP contribution in [0.25, 0.3) is 0 Å². The number of ether oxygens (including phenoxy) is 2. The maximum absolute atomic E-state index is 12.1. The molecule has 0 spiro atoms. The minimum atomic E-state index is -0.505. The van der Waals surface area contributed by atoms with Gasteiger partial charge in [-0.3, -0.25) is 4.79 Å². The summed E-state index contributed by atoms with van der Waals surface area (Å²) in [4.78, 5) is 23.9. The maximum atomic E-state index is 12.1. The third kappa shape index (κ3) is 5.41. The van der Waals surface area contributed by atoms with Crippen LogP contribution in [0, 0.1) is 5.92 Å². The summed E-state index contributed by atoms with van der Waals surface area (Å²) in [6.45, 7) is 2.00. The normalized spacial score (nSPS) is 16.3. The molecule has 1 aromatic carbocycles. The van der Waals surface area contributed by atoms with E-state index in [-0.39, 0.29) is 23.9 Å². The third-order valence-electron chi connectivity index (χ3n) is 3.85. The zero-order chi connectivity index (χ0) is 15.9. The fourth-order valence-electron chi connectivity index (χ4n) is 2.55. The number of carbonyl (C=O) groups excluding carboxylic acids is 2. The number of amides is 1. The number of halogens is 1. The number of anilines is 1. The summed E-state index contributed by atoms with van der Waals surface area (Å²) in [5.41, 5.74) is 0.736. The SMILES string of the molecule is COC(=O)c1cc(OC)ccc1NC(=O)CCC1CCNC1.Cl. The van der Waals surface area contributed by atoms with Gasteiger partial charge in [0, 0.05) is 6.42 Å². The van der Waals surface area contributed by atoms with Gasteiger partial charge in [0.1, 0.15) is 5.75 Å². The fourth-order valence-corrected chi connectivity index (χ4v) is 2.55. The van der Waals surface area contributed by atoms with E-state index in [0.29, 0.717) is 23.8 Å². The van der Waals surface area contributed by atoms with Gasteiger partial charge in [0.15, 0.2) is 0 Å². The van der Waals surface area contributed by atoms with Gasteiger partial charge in [0.05, 0.1) is 25.5 Å². The van der Waals surface area contributed by atoms with Crippen LogP contribution < -0.4 is 15.4 Å². The second-order valence-corrected chi connectivity index (χ2v) is 5.35. The van der Waals surface area contributed by atoms with Gasteiger partial charge in [-0.2, -0.15) is 0 Å². The average molecular weight is 343 g/mol. The molecular formula is C16H23ClN2O4. The van der Waals surface area contributed by atoms with Crippen molar-refractivity contribution in [2.24, 2.45) is 5.92 Å². The highest BCUT2D eigenvalue weighted by atomic mass is 35.5. The molecule has 0 bridgehead atoms. The fraction of sp³-hybridized carbons (Fsp3) is 0.500. The van der Waals surface area contributed by atoms with E-state index in [1.54, 1.807) is 18.2 Å². The highest BCUT2D eigenvalue weighted by molar-refractivity contribution is 6.01. The third-order valence-corrected chi connectivity index (χ3v) is 3.85. The van der Waals surface area contributed by atoms with Crippen LogP contribution in [-0.2, 0) is 9.53 Å². The number of hydrogen-bond donors (Lipinski definition) is 2. The van der Waals surface area contributed by atoms with E-state index in [4.69, 9.17) is 9.47 Å². The number of rotatable bonds is 6. The van der Waals surface area contributed by atoms with Crippen LogP contribution in [0.4, 0.5) is 5.69 Å².